The molecule has 0 fully saturated rings. The summed E-state index contributed by atoms with van der Waals surface area (Å²) in [4.78, 5) is 17.4. The summed E-state index contributed by atoms with van der Waals surface area (Å²) >= 11 is 13.6. The minimum absolute atomic E-state index is 0.00290. The number of thiophene rings is 1. The van der Waals surface area contributed by atoms with Crippen molar-refractivity contribution in [2.45, 2.75) is 5.75 Å². The van der Waals surface area contributed by atoms with Crippen molar-refractivity contribution < 1.29 is 4.79 Å². The molecule has 0 aliphatic carbocycles. The average molecular weight is 431 g/mol. The fraction of sp³-hybridized carbons (Fsp3) is 0.0667. The van der Waals surface area contributed by atoms with E-state index in [9.17, 15) is 4.79 Å². The van der Waals surface area contributed by atoms with Crippen LogP contribution in [0.2, 0.25) is 5.02 Å². The smallest absolute Gasteiger partial charge is 0.244 e. The van der Waals surface area contributed by atoms with Gasteiger partial charge in [0.1, 0.15) is 10.1 Å². The first-order valence-electron chi connectivity index (χ1n) is 6.25. The topological polar surface area (TPSA) is 29.4 Å². The van der Waals surface area contributed by atoms with Gasteiger partial charge in [-0.2, -0.15) is 0 Å². The Morgan fingerprint density at radius 2 is 2.00 bits per heavy atom. The predicted octanol–water partition coefficient (Wildman–Crippen LogP) is 6.07. The molecule has 1 aromatic carbocycles. The Hall–Kier alpha value is -0.530. The molecule has 2 heterocycles. The maximum atomic E-state index is 12.0. The first kappa shape index (κ1) is 16.3. The fourth-order valence-electron chi connectivity index (χ4n) is 1.72. The summed E-state index contributed by atoms with van der Waals surface area (Å²) in [5.41, 5.74) is 1.67. The van der Waals surface area contributed by atoms with Gasteiger partial charge in [-0.25, -0.2) is 4.99 Å². The Balaban J connectivity index is 1.67. The van der Waals surface area contributed by atoms with Crippen LogP contribution in [-0.2, 0) is 10.5 Å². The molecule has 0 N–H and O–H groups in total. The molecule has 1 aliphatic rings. The van der Waals surface area contributed by atoms with Gasteiger partial charge in [-0.05, 0) is 63.6 Å². The molecule has 0 spiro atoms. The molecule has 0 saturated heterocycles. The largest absolute Gasteiger partial charge is 0.279 e. The van der Waals surface area contributed by atoms with Crippen LogP contribution in [-0.4, -0.2) is 9.49 Å². The lowest BCUT2D eigenvalue weighted by molar-refractivity contribution is -0.107. The maximum Gasteiger partial charge on any atom is 0.244 e. The lowest BCUT2D eigenvalue weighted by Crippen LogP contribution is -1.87. The third-order valence-corrected chi connectivity index (χ3v) is 6.65. The van der Waals surface area contributed by atoms with Crippen molar-refractivity contribution in [2.75, 3.05) is 0 Å². The molecule has 0 radical (unpaired) electrons. The van der Waals surface area contributed by atoms with Gasteiger partial charge in [0.25, 0.3) is 0 Å². The number of hydrogen-bond acceptors (Lipinski definition) is 5. The quantitative estimate of drug-likeness (QED) is 0.554. The molecule has 1 aromatic heterocycles. The van der Waals surface area contributed by atoms with Crippen molar-refractivity contribution in [1.82, 2.24) is 0 Å². The predicted molar refractivity (Wildman–Crippen MR) is 103 cm³/mol. The first-order chi connectivity index (χ1) is 10.6. The highest BCUT2D eigenvalue weighted by molar-refractivity contribution is 9.11. The molecule has 3 rings (SSSR count). The highest BCUT2D eigenvalue weighted by Crippen LogP contribution is 2.34. The van der Waals surface area contributed by atoms with Crippen molar-refractivity contribution >= 4 is 78.0 Å². The van der Waals surface area contributed by atoms with Crippen molar-refractivity contribution in [3.05, 3.63) is 61.3 Å². The summed E-state index contributed by atoms with van der Waals surface area (Å²) in [5, 5.41) is 0.729. The van der Waals surface area contributed by atoms with Gasteiger partial charge in [0.15, 0.2) is 0 Å². The fourth-order valence-corrected chi connectivity index (χ4v) is 5.00. The molecule has 112 valence electrons. The zero-order chi connectivity index (χ0) is 15.5. The van der Waals surface area contributed by atoms with Gasteiger partial charge in [0, 0.05) is 15.7 Å². The molecule has 0 saturated carbocycles. The summed E-state index contributed by atoms with van der Waals surface area (Å²) in [7, 11) is 0. The van der Waals surface area contributed by atoms with Gasteiger partial charge < -0.3 is 0 Å². The van der Waals surface area contributed by atoms with Crippen LogP contribution in [0.15, 0.2) is 50.9 Å². The summed E-state index contributed by atoms with van der Waals surface area (Å²) in [5.74, 6) is 0.772. The van der Waals surface area contributed by atoms with Crippen LogP contribution in [0, 0.1) is 0 Å². The van der Waals surface area contributed by atoms with Crippen LogP contribution in [0.3, 0.4) is 0 Å². The normalized spacial score (nSPS) is 16.4. The number of nitrogens with zero attached hydrogens (tertiary/aromatic N) is 1. The van der Waals surface area contributed by atoms with Gasteiger partial charge in [-0.1, -0.05) is 35.5 Å². The summed E-state index contributed by atoms with van der Waals surface area (Å²) < 4.78 is 1.83. The van der Waals surface area contributed by atoms with Crippen LogP contribution >= 0.6 is 62.4 Å². The molecule has 0 bridgehead atoms. The highest BCUT2D eigenvalue weighted by Gasteiger charge is 2.22. The lowest BCUT2D eigenvalue weighted by atomic mass is 10.2. The van der Waals surface area contributed by atoms with Crippen molar-refractivity contribution in [3.63, 3.8) is 0 Å². The minimum Gasteiger partial charge on any atom is -0.279 e. The summed E-state index contributed by atoms with van der Waals surface area (Å²) in [6, 6.07) is 11.6. The van der Waals surface area contributed by atoms with Gasteiger partial charge in [-0.3, -0.25) is 4.79 Å². The van der Waals surface area contributed by atoms with Crippen LogP contribution in [0.5, 0.6) is 0 Å². The van der Waals surface area contributed by atoms with E-state index in [-0.39, 0.29) is 5.12 Å². The second-order valence-electron chi connectivity index (χ2n) is 4.35. The van der Waals surface area contributed by atoms with E-state index in [0.717, 1.165) is 29.4 Å². The van der Waals surface area contributed by atoms with E-state index in [1.807, 2.05) is 42.5 Å². The first-order valence-corrected chi connectivity index (χ1v) is 10.0. The van der Waals surface area contributed by atoms with Gasteiger partial charge in [0.05, 0.1) is 3.79 Å². The second kappa shape index (κ2) is 7.36. The van der Waals surface area contributed by atoms with Crippen LogP contribution in [0.25, 0.3) is 6.08 Å². The van der Waals surface area contributed by atoms with E-state index in [0.29, 0.717) is 5.70 Å². The highest BCUT2D eigenvalue weighted by atomic mass is 79.9. The third kappa shape index (κ3) is 4.26. The number of rotatable bonds is 3. The number of aliphatic imine (C=N–C) groups is 1. The Morgan fingerprint density at radius 1 is 1.23 bits per heavy atom. The Kier molecular flexibility index (Phi) is 5.46. The molecule has 22 heavy (non-hydrogen) atoms. The second-order valence-corrected chi connectivity index (χ2v) is 9.47. The average Bonchev–Trinajstić information content (AvgIpc) is 3.05. The van der Waals surface area contributed by atoms with E-state index >= 15 is 0 Å². The Bertz CT molecular complexity index is 767. The molecule has 1 aliphatic heterocycles. The summed E-state index contributed by atoms with van der Waals surface area (Å²) in [6.07, 6.45) is 1.83. The third-order valence-electron chi connectivity index (χ3n) is 2.75. The molecule has 0 unspecified atom stereocenters. The molecule has 2 nitrogen and oxygen atoms in total. The number of thioether (sulfide) groups is 2. The number of halogens is 2. The SMILES string of the molecule is O=C1SC(SCc2ccc(Cl)cc2)=NC1=Cc1ccc(Br)s1. The molecule has 0 amide bonds. The molecular weight excluding hydrogens is 422 g/mol. The lowest BCUT2D eigenvalue weighted by Gasteiger charge is -1.99. The summed E-state index contributed by atoms with van der Waals surface area (Å²) in [6.45, 7) is 0. The number of carbonyl (C=O) groups is 1. The molecule has 7 heteroatoms. The number of benzene rings is 1. The van der Waals surface area contributed by atoms with E-state index in [1.165, 1.54) is 11.8 Å². The van der Waals surface area contributed by atoms with Crippen LogP contribution in [0.1, 0.15) is 10.4 Å². The molecule has 2 aromatic rings. The Labute approximate surface area is 154 Å². The van der Waals surface area contributed by atoms with Gasteiger partial charge in [0.2, 0.25) is 5.12 Å². The van der Waals surface area contributed by atoms with Crippen molar-refractivity contribution in [3.8, 4) is 0 Å². The van der Waals surface area contributed by atoms with Gasteiger partial charge >= 0.3 is 0 Å². The van der Waals surface area contributed by atoms with E-state index in [2.05, 4.69) is 20.9 Å². The number of carbonyl (C=O) groups excluding carboxylic acids is 1. The van der Waals surface area contributed by atoms with E-state index in [4.69, 9.17) is 11.6 Å². The van der Waals surface area contributed by atoms with E-state index < -0.39 is 0 Å². The zero-order valence-corrected chi connectivity index (χ0v) is 15.9. The number of hydrogen-bond donors (Lipinski definition) is 0. The van der Waals surface area contributed by atoms with Gasteiger partial charge in [-0.15, -0.1) is 11.3 Å². The molecule has 0 atom stereocenters. The molecular formula is C15H9BrClNOS3. The standard InChI is InChI=1S/C15H9BrClNOS3/c16-13-6-5-11(21-13)7-12-14(19)22-15(18-12)20-8-9-1-3-10(17)4-2-9/h1-7H,8H2. The van der Waals surface area contributed by atoms with Crippen LogP contribution in [0.4, 0.5) is 0 Å². The monoisotopic (exact) mass is 429 g/mol. The van der Waals surface area contributed by atoms with Crippen LogP contribution < -0.4 is 0 Å². The maximum absolute atomic E-state index is 12.0. The zero-order valence-electron chi connectivity index (χ0n) is 11.1. The Morgan fingerprint density at radius 3 is 2.68 bits per heavy atom. The van der Waals surface area contributed by atoms with E-state index in [1.54, 1.807) is 23.1 Å². The van der Waals surface area contributed by atoms with Crippen molar-refractivity contribution in [1.29, 1.82) is 0 Å². The minimum atomic E-state index is 0.00290. The van der Waals surface area contributed by atoms with Crippen molar-refractivity contribution in [2.24, 2.45) is 4.99 Å².